The topological polar surface area (TPSA) is 75.4 Å². The van der Waals surface area contributed by atoms with Crippen LogP contribution >= 0.6 is 11.3 Å². The van der Waals surface area contributed by atoms with Gasteiger partial charge in [0.1, 0.15) is 11.5 Å². The van der Waals surface area contributed by atoms with Gasteiger partial charge in [0, 0.05) is 11.9 Å². The van der Waals surface area contributed by atoms with E-state index in [0.29, 0.717) is 22.9 Å². The molecule has 0 fully saturated rings. The van der Waals surface area contributed by atoms with E-state index in [1.165, 1.54) is 11.3 Å². The van der Waals surface area contributed by atoms with Gasteiger partial charge in [0.15, 0.2) is 10.8 Å². The molecule has 0 aliphatic heterocycles. The van der Waals surface area contributed by atoms with Crippen LogP contribution in [0.25, 0.3) is 10.8 Å². The molecule has 20 heavy (non-hydrogen) atoms. The summed E-state index contributed by atoms with van der Waals surface area (Å²) in [6, 6.07) is 3.69. The normalized spacial score (nSPS) is 12.3. The first-order valence-corrected chi connectivity index (χ1v) is 7.46. The fraction of sp³-hybridized carbons (Fsp3) is 0.429. The molecule has 2 aromatic heterocycles. The molecule has 0 aliphatic rings. The number of hydrogen-bond acceptors (Lipinski definition) is 5. The van der Waals surface area contributed by atoms with Crippen molar-refractivity contribution in [3.05, 3.63) is 29.0 Å². The summed E-state index contributed by atoms with van der Waals surface area (Å²) in [5.41, 5.74) is 0.350. The summed E-state index contributed by atoms with van der Waals surface area (Å²) in [4.78, 5) is 16.1. The third-order valence-corrected chi connectivity index (χ3v) is 3.66. The number of furan rings is 1. The Kier molecular flexibility index (Phi) is 4.92. The Balaban J connectivity index is 1.96. The number of aromatic nitrogens is 1. The summed E-state index contributed by atoms with van der Waals surface area (Å²) in [6.45, 7) is 4.10. The van der Waals surface area contributed by atoms with Crippen LogP contribution in [0.4, 0.5) is 0 Å². The average molecular weight is 294 g/mol. The van der Waals surface area contributed by atoms with Crippen molar-refractivity contribution in [1.29, 1.82) is 0 Å². The minimum absolute atomic E-state index is 0.249. The van der Waals surface area contributed by atoms with E-state index >= 15 is 0 Å². The first kappa shape index (κ1) is 14.7. The maximum absolute atomic E-state index is 11.9. The number of rotatable bonds is 6. The van der Waals surface area contributed by atoms with Crippen LogP contribution in [0.2, 0.25) is 0 Å². The predicted octanol–water partition coefficient (Wildman–Crippen LogP) is 2.60. The fourth-order valence-corrected chi connectivity index (χ4v) is 2.54. The first-order chi connectivity index (χ1) is 9.60. The summed E-state index contributed by atoms with van der Waals surface area (Å²) in [5.74, 6) is 1.20. The molecule has 0 radical (unpaired) electrons. The van der Waals surface area contributed by atoms with E-state index in [0.717, 1.165) is 12.2 Å². The smallest absolute Gasteiger partial charge is 0.270 e. The number of carbonyl (C=O) groups excluding carboxylic acids is 1. The first-order valence-electron chi connectivity index (χ1n) is 6.58. The van der Waals surface area contributed by atoms with E-state index in [1.807, 2.05) is 26.0 Å². The van der Waals surface area contributed by atoms with Crippen molar-refractivity contribution in [3.8, 4) is 10.8 Å². The molecule has 2 aromatic rings. The van der Waals surface area contributed by atoms with Crippen molar-refractivity contribution >= 4 is 17.2 Å². The Morgan fingerprint density at radius 1 is 1.55 bits per heavy atom. The number of carbonyl (C=O) groups is 1. The van der Waals surface area contributed by atoms with Gasteiger partial charge in [-0.3, -0.25) is 4.79 Å². The highest BCUT2D eigenvalue weighted by molar-refractivity contribution is 7.13. The highest BCUT2D eigenvalue weighted by atomic mass is 32.1. The Bertz CT molecular complexity index is 576. The SMILES string of the molecule is CCCC(O)CNC(=O)c1csc(-c2ccc(C)o2)n1. The number of nitrogens with one attached hydrogen (secondary N) is 1. The largest absolute Gasteiger partial charge is 0.459 e. The summed E-state index contributed by atoms with van der Waals surface area (Å²) in [5, 5.41) is 14.6. The Labute approximate surface area is 121 Å². The monoisotopic (exact) mass is 294 g/mol. The van der Waals surface area contributed by atoms with Crippen LogP contribution in [0, 0.1) is 6.92 Å². The lowest BCUT2D eigenvalue weighted by Gasteiger charge is -2.09. The van der Waals surface area contributed by atoms with Crippen molar-refractivity contribution < 1.29 is 14.3 Å². The predicted molar refractivity (Wildman–Crippen MR) is 77.8 cm³/mol. The lowest BCUT2D eigenvalue weighted by atomic mass is 10.2. The van der Waals surface area contributed by atoms with E-state index in [9.17, 15) is 9.90 Å². The molecule has 108 valence electrons. The zero-order valence-electron chi connectivity index (χ0n) is 11.5. The number of nitrogens with zero attached hydrogens (tertiary/aromatic N) is 1. The molecule has 1 atom stereocenters. The molecule has 0 saturated heterocycles. The van der Waals surface area contributed by atoms with Crippen LogP contribution in [0.15, 0.2) is 21.9 Å². The Morgan fingerprint density at radius 3 is 3.00 bits per heavy atom. The van der Waals surface area contributed by atoms with Crippen LogP contribution in [0.1, 0.15) is 36.0 Å². The second-order valence-electron chi connectivity index (χ2n) is 4.60. The van der Waals surface area contributed by atoms with Crippen LogP contribution in [-0.4, -0.2) is 28.6 Å². The summed E-state index contributed by atoms with van der Waals surface area (Å²) < 4.78 is 5.47. The van der Waals surface area contributed by atoms with Gasteiger partial charge in [-0.25, -0.2) is 4.98 Å². The zero-order valence-corrected chi connectivity index (χ0v) is 12.4. The molecule has 1 unspecified atom stereocenters. The van der Waals surface area contributed by atoms with Gasteiger partial charge >= 0.3 is 0 Å². The van der Waals surface area contributed by atoms with Crippen molar-refractivity contribution in [3.63, 3.8) is 0 Å². The van der Waals surface area contributed by atoms with Gasteiger partial charge in [-0.05, 0) is 25.5 Å². The molecule has 0 saturated carbocycles. The van der Waals surface area contributed by atoms with Gasteiger partial charge in [-0.2, -0.15) is 0 Å². The number of hydrogen-bond donors (Lipinski definition) is 2. The van der Waals surface area contributed by atoms with Crippen molar-refractivity contribution in [2.75, 3.05) is 6.54 Å². The van der Waals surface area contributed by atoms with E-state index in [-0.39, 0.29) is 12.5 Å². The highest BCUT2D eigenvalue weighted by Gasteiger charge is 2.14. The second-order valence-corrected chi connectivity index (χ2v) is 5.46. The third kappa shape index (κ3) is 3.68. The average Bonchev–Trinajstić information content (AvgIpc) is 3.04. The van der Waals surface area contributed by atoms with E-state index in [2.05, 4.69) is 10.3 Å². The standard InChI is InChI=1S/C14H18N2O3S/c1-3-4-10(17)7-15-13(18)11-8-20-14(16-11)12-6-5-9(2)19-12/h5-6,8,10,17H,3-4,7H2,1-2H3,(H,15,18). The van der Waals surface area contributed by atoms with Gasteiger partial charge in [-0.15, -0.1) is 11.3 Å². The van der Waals surface area contributed by atoms with Crippen LogP contribution in [-0.2, 0) is 0 Å². The van der Waals surface area contributed by atoms with E-state index < -0.39 is 6.10 Å². The fourth-order valence-electron chi connectivity index (χ4n) is 1.78. The van der Waals surface area contributed by atoms with Crippen molar-refractivity contribution in [2.24, 2.45) is 0 Å². The zero-order chi connectivity index (χ0) is 14.5. The number of amides is 1. The molecule has 0 bridgehead atoms. The molecule has 2 N–H and O–H groups in total. The summed E-state index contributed by atoms with van der Waals surface area (Å²) in [6.07, 6.45) is 1.05. The van der Waals surface area contributed by atoms with Crippen LogP contribution < -0.4 is 5.32 Å². The van der Waals surface area contributed by atoms with Crippen molar-refractivity contribution in [2.45, 2.75) is 32.8 Å². The molecule has 2 rings (SSSR count). The molecule has 2 heterocycles. The maximum Gasteiger partial charge on any atom is 0.270 e. The minimum Gasteiger partial charge on any atom is -0.459 e. The number of aliphatic hydroxyl groups is 1. The van der Waals surface area contributed by atoms with Crippen molar-refractivity contribution in [1.82, 2.24) is 10.3 Å². The summed E-state index contributed by atoms with van der Waals surface area (Å²) >= 11 is 1.36. The number of aliphatic hydroxyl groups excluding tert-OH is 1. The maximum atomic E-state index is 11.9. The Hall–Kier alpha value is -1.66. The molecule has 1 amide bonds. The van der Waals surface area contributed by atoms with Crippen LogP contribution in [0.3, 0.4) is 0 Å². The van der Waals surface area contributed by atoms with E-state index in [1.54, 1.807) is 5.38 Å². The second kappa shape index (κ2) is 6.67. The molecular formula is C14H18N2O3S. The molecule has 0 aromatic carbocycles. The molecule has 0 spiro atoms. The Morgan fingerprint density at radius 2 is 2.35 bits per heavy atom. The molecular weight excluding hydrogens is 276 g/mol. The minimum atomic E-state index is -0.505. The third-order valence-electron chi connectivity index (χ3n) is 2.81. The molecule has 0 aliphatic carbocycles. The van der Waals surface area contributed by atoms with E-state index in [4.69, 9.17) is 4.42 Å². The number of thiazole rings is 1. The molecule has 6 heteroatoms. The van der Waals surface area contributed by atoms with Gasteiger partial charge in [0.05, 0.1) is 6.10 Å². The molecule has 5 nitrogen and oxygen atoms in total. The lowest BCUT2D eigenvalue weighted by molar-refractivity contribution is 0.0906. The van der Waals surface area contributed by atoms with Gasteiger partial charge in [0.25, 0.3) is 5.91 Å². The lowest BCUT2D eigenvalue weighted by Crippen LogP contribution is -2.32. The van der Waals surface area contributed by atoms with Gasteiger partial charge in [-0.1, -0.05) is 13.3 Å². The van der Waals surface area contributed by atoms with Crippen LogP contribution in [0.5, 0.6) is 0 Å². The summed E-state index contributed by atoms with van der Waals surface area (Å²) in [7, 11) is 0. The van der Waals surface area contributed by atoms with Gasteiger partial charge < -0.3 is 14.8 Å². The highest BCUT2D eigenvalue weighted by Crippen LogP contribution is 2.25. The quantitative estimate of drug-likeness (QED) is 0.858. The number of aryl methyl sites for hydroxylation is 1. The van der Waals surface area contributed by atoms with Gasteiger partial charge in [0.2, 0.25) is 0 Å².